The number of carbonyl (C=O) groups excluding carboxylic acids is 1. The quantitative estimate of drug-likeness (QED) is 0.763. The number of hydrogen-bond acceptors (Lipinski definition) is 9. The lowest BCUT2D eigenvalue weighted by molar-refractivity contribution is -0.121. The standard InChI is InChI=1S/C19H26N8O2/c1-26-4-2-13(3-5-26)17(28)24-16-10-15(14-11-21-18(20)22-12-14)23-19(25-16)27-6-8-29-9-7-27/h10-13H,2-9H2,1H3,(H2,20,21,22)(H,23,24,25,28). The van der Waals surface area contributed by atoms with Crippen molar-refractivity contribution in [2.45, 2.75) is 12.8 Å². The van der Waals surface area contributed by atoms with Gasteiger partial charge in [-0.1, -0.05) is 0 Å². The Kier molecular flexibility index (Phi) is 5.81. The van der Waals surface area contributed by atoms with Gasteiger partial charge in [0.05, 0.1) is 18.9 Å². The van der Waals surface area contributed by atoms with Crippen LogP contribution < -0.4 is 16.0 Å². The average molecular weight is 398 g/mol. The molecular formula is C19H26N8O2. The molecule has 0 aromatic carbocycles. The van der Waals surface area contributed by atoms with Crippen LogP contribution >= 0.6 is 0 Å². The maximum absolute atomic E-state index is 12.8. The predicted molar refractivity (Wildman–Crippen MR) is 109 cm³/mol. The third-order valence-corrected chi connectivity index (χ3v) is 5.32. The van der Waals surface area contributed by atoms with Gasteiger partial charge in [0.25, 0.3) is 0 Å². The molecule has 2 saturated heterocycles. The Morgan fingerprint density at radius 2 is 1.83 bits per heavy atom. The Morgan fingerprint density at radius 3 is 2.52 bits per heavy atom. The number of rotatable bonds is 4. The molecule has 154 valence electrons. The largest absolute Gasteiger partial charge is 0.378 e. The highest BCUT2D eigenvalue weighted by molar-refractivity contribution is 5.92. The number of nitrogen functional groups attached to an aromatic ring is 1. The fourth-order valence-corrected chi connectivity index (χ4v) is 3.52. The molecular weight excluding hydrogens is 372 g/mol. The lowest BCUT2D eigenvalue weighted by atomic mass is 9.96. The van der Waals surface area contributed by atoms with Crippen LogP contribution in [0, 0.1) is 5.92 Å². The van der Waals surface area contributed by atoms with E-state index >= 15 is 0 Å². The number of nitrogens with one attached hydrogen (secondary N) is 1. The monoisotopic (exact) mass is 398 g/mol. The Bertz CT molecular complexity index is 846. The fraction of sp³-hybridized carbons (Fsp3) is 0.526. The van der Waals surface area contributed by atoms with Crippen LogP contribution in [0.5, 0.6) is 0 Å². The van der Waals surface area contributed by atoms with E-state index in [2.05, 4.69) is 42.1 Å². The number of amides is 1. The van der Waals surface area contributed by atoms with Gasteiger partial charge in [0, 0.05) is 43.0 Å². The van der Waals surface area contributed by atoms with Gasteiger partial charge in [-0.3, -0.25) is 4.79 Å². The Hall–Kier alpha value is -2.85. The lowest BCUT2D eigenvalue weighted by Gasteiger charge is -2.29. The van der Waals surface area contributed by atoms with Gasteiger partial charge in [-0.25, -0.2) is 15.0 Å². The second-order valence-electron chi connectivity index (χ2n) is 7.43. The third kappa shape index (κ3) is 4.77. The fourth-order valence-electron chi connectivity index (χ4n) is 3.52. The van der Waals surface area contributed by atoms with Crippen molar-refractivity contribution in [3.63, 3.8) is 0 Å². The molecule has 0 saturated carbocycles. The molecule has 4 heterocycles. The number of likely N-dealkylation sites (tertiary alicyclic amines) is 1. The van der Waals surface area contributed by atoms with Crippen molar-refractivity contribution in [1.82, 2.24) is 24.8 Å². The van der Waals surface area contributed by atoms with Gasteiger partial charge in [-0.05, 0) is 33.0 Å². The van der Waals surface area contributed by atoms with Gasteiger partial charge in [-0.2, -0.15) is 4.98 Å². The summed E-state index contributed by atoms with van der Waals surface area (Å²) in [5.41, 5.74) is 6.96. The van der Waals surface area contributed by atoms with E-state index in [1.54, 1.807) is 18.5 Å². The van der Waals surface area contributed by atoms with E-state index in [9.17, 15) is 4.79 Å². The smallest absolute Gasteiger partial charge is 0.228 e. The van der Waals surface area contributed by atoms with Gasteiger partial charge in [0.15, 0.2) is 0 Å². The zero-order valence-corrected chi connectivity index (χ0v) is 16.5. The van der Waals surface area contributed by atoms with Gasteiger partial charge in [-0.15, -0.1) is 0 Å². The molecule has 0 atom stereocenters. The minimum Gasteiger partial charge on any atom is -0.378 e. The number of nitrogens with zero attached hydrogens (tertiary/aromatic N) is 6. The first-order valence-electron chi connectivity index (χ1n) is 9.87. The number of carbonyl (C=O) groups is 1. The molecule has 10 nitrogen and oxygen atoms in total. The second-order valence-corrected chi connectivity index (χ2v) is 7.43. The molecule has 10 heteroatoms. The first kappa shape index (κ1) is 19.5. The summed E-state index contributed by atoms with van der Waals surface area (Å²) in [6, 6.07) is 1.76. The zero-order chi connectivity index (χ0) is 20.2. The van der Waals surface area contributed by atoms with Crippen molar-refractivity contribution in [2.24, 2.45) is 5.92 Å². The van der Waals surface area contributed by atoms with Gasteiger partial charge >= 0.3 is 0 Å². The minimum atomic E-state index is -0.00342. The molecule has 0 radical (unpaired) electrons. The first-order chi connectivity index (χ1) is 14.1. The van der Waals surface area contributed by atoms with E-state index < -0.39 is 0 Å². The molecule has 0 aliphatic carbocycles. The van der Waals surface area contributed by atoms with E-state index in [-0.39, 0.29) is 17.8 Å². The van der Waals surface area contributed by atoms with Crippen LogP contribution in [0.3, 0.4) is 0 Å². The topological polar surface area (TPSA) is 122 Å². The second kappa shape index (κ2) is 8.66. The van der Waals surface area contributed by atoms with Crippen LogP contribution in [0.4, 0.5) is 17.7 Å². The summed E-state index contributed by atoms with van der Waals surface area (Å²) in [4.78, 5) is 34.4. The number of nitrogens with two attached hydrogens (primary N) is 1. The van der Waals surface area contributed by atoms with E-state index in [0.717, 1.165) is 25.9 Å². The molecule has 4 rings (SSSR count). The van der Waals surface area contributed by atoms with E-state index in [0.29, 0.717) is 49.3 Å². The van der Waals surface area contributed by atoms with Crippen molar-refractivity contribution in [3.05, 3.63) is 18.5 Å². The molecule has 0 bridgehead atoms. The first-order valence-corrected chi connectivity index (χ1v) is 9.87. The third-order valence-electron chi connectivity index (χ3n) is 5.32. The highest BCUT2D eigenvalue weighted by Crippen LogP contribution is 2.24. The van der Waals surface area contributed by atoms with Crippen LogP contribution in [-0.4, -0.2) is 77.2 Å². The highest BCUT2D eigenvalue weighted by atomic mass is 16.5. The van der Waals surface area contributed by atoms with Crippen LogP contribution in [-0.2, 0) is 9.53 Å². The highest BCUT2D eigenvalue weighted by Gasteiger charge is 2.24. The number of anilines is 3. The minimum absolute atomic E-state index is 0.00342. The van der Waals surface area contributed by atoms with E-state index in [4.69, 9.17) is 10.5 Å². The number of hydrogen-bond donors (Lipinski definition) is 2. The molecule has 0 spiro atoms. The van der Waals surface area contributed by atoms with Crippen LogP contribution in [0.25, 0.3) is 11.3 Å². The van der Waals surface area contributed by atoms with Crippen molar-refractivity contribution in [1.29, 1.82) is 0 Å². The summed E-state index contributed by atoms with van der Waals surface area (Å²) in [6.07, 6.45) is 4.94. The number of aromatic nitrogens is 4. The van der Waals surface area contributed by atoms with Crippen molar-refractivity contribution < 1.29 is 9.53 Å². The Balaban J connectivity index is 1.60. The molecule has 0 unspecified atom stereocenters. The summed E-state index contributed by atoms with van der Waals surface area (Å²) in [6.45, 7) is 4.49. The normalized spacial score (nSPS) is 18.6. The van der Waals surface area contributed by atoms with Gasteiger partial charge < -0.3 is 25.6 Å². The summed E-state index contributed by atoms with van der Waals surface area (Å²) < 4.78 is 5.43. The number of piperidine rings is 1. The summed E-state index contributed by atoms with van der Waals surface area (Å²) in [7, 11) is 2.08. The van der Waals surface area contributed by atoms with E-state index in [1.807, 2.05) is 0 Å². The Labute approximate surface area is 169 Å². The molecule has 2 aliphatic heterocycles. The summed E-state index contributed by atoms with van der Waals surface area (Å²) in [5, 5.41) is 3.00. The molecule has 2 aromatic rings. The van der Waals surface area contributed by atoms with Gasteiger partial charge in [0.1, 0.15) is 5.82 Å². The van der Waals surface area contributed by atoms with Crippen molar-refractivity contribution in [3.8, 4) is 11.3 Å². The van der Waals surface area contributed by atoms with Crippen LogP contribution in [0.2, 0.25) is 0 Å². The number of morpholine rings is 1. The van der Waals surface area contributed by atoms with Crippen molar-refractivity contribution >= 4 is 23.6 Å². The summed E-state index contributed by atoms with van der Waals surface area (Å²) >= 11 is 0. The number of ether oxygens (including phenoxy) is 1. The van der Waals surface area contributed by atoms with Crippen molar-refractivity contribution in [2.75, 3.05) is 62.4 Å². The van der Waals surface area contributed by atoms with E-state index in [1.165, 1.54) is 0 Å². The molecule has 2 aliphatic rings. The van der Waals surface area contributed by atoms with Crippen LogP contribution in [0.15, 0.2) is 18.5 Å². The molecule has 2 fully saturated rings. The van der Waals surface area contributed by atoms with Crippen LogP contribution in [0.1, 0.15) is 12.8 Å². The average Bonchev–Trinajstić information content (AvgIpc) is 2.75. The summed E-state index contributed by atoms with van der Waals surface area (Å²) in [5.74, 6) is 1.24. The SMILES string of the molecule is CN1CCC(C(=O)Nc2cc(-c3cnc(N)nc3)nc(N3CCOCC3)n2)CC1. The Morgan fingerprint density at radius 1 is 1.14 bits per heavy atom. The van der Waals surface area contributed by atoms with Gasteiger partial charge in [0.2, 0.25) is 17.8 Å². The molecule has 2 aromatic heterocycles. The molecule has 3 N–H and O–H groups in total. The molecule has 29 heavy (non-hydrogen) atoms. The maximum atomic E-state index is 12.8. The predicted octanol–water partition coefficient (Wildman–Crippen LogP) is 0.633. The zero-order valence-electron chi connectivity index (χ0n) is 16.5. The molecule has 1 amide bonds. The maximum Gasteiger partial charge on any atom is 0.228 e. The lowest BCUT2D eigenvalue weighted by Crippen LogP contribution is -2.38.